The Morgan fingerprint density at radius 3 is 2.72 bits per heavy atom. The summed E-state index contributed by atoms with van der Waals surface area (Å²) in [6, 6.07) is 10.1. The van der Waals surface area contributed by atoms with E-state index >= 15 is 0 Å². The maximum atomic E-state index is 4.35. The molecule has 4 heteroatoms. The first-order chi connectivity index (χ1) is 8.75. The van der Waals surface area contributed by atoms with Crippen LogP contribution < -0.4 is 5.32 Å². The van der Waals surface area contributed by atoms with Gasteiger partial charge in [0.2, 0.25) is 5.95 Å². The van der Waals surface area contributed by atoms with Gasteiger partial charge in [0, 0.05) is 24.6 Å². The standard InChI is InChI=1S/C14H20N4/c1-17(2)10-6-11-18-12-9-15-14(18)16-13-7-4-3-5-8-13/h3-5,7-9,12H,6,10-11H2,1-2H3,(H,15,16). The smallest absolute Gasteiger partial charge is 0.207 e. The summed E-state index contributed by atoms with van der Waals surface area (Å²) in [4.78, 5) is 6.54. The second-order valence-electron chi connectivity index (χ2n) is 4.59. The summed E-state index contributed by atoms with van der Waals surface area (Å²) < 4.78 is 2.15. The lowest BCUT2D eigenvalue weighted by Crippen LogP contribution is -2.15. The average molecular weight is 244 g/mol. The van der Waals surface area contributed by atoms with Crippen molar-refractivity contribution in [3.8, 4) is 0 Å². The van der Waals surface area contributed by atoms with Gasteiger partial charge in [-0.2, -0.15) is 0 Å². The van der Waals surface area contributed by atoms with Gasteiger partial charge in [0.05, 0.1) is 0 Å². The molecule has 0 atom stereocenters. The van der Waals surface area contributed by atoms with Crippen LogP contribution in [0.15, 0.2) is 42.7 Å². The summed E-state index contributed by atoms with van der Waals surface area (Å²) in [6.07, 6.45) is 4.97. The fourth-order valence-electron chi connectivity index (χ4n) is 1.82. The summed E-state index contributed by atoms with van der Waals surface area (Å²) >= 11 is 0. The molecule has 0 radical (unpaired) electrons. The molecule has 1 aromatic heterocycles. The minimum Gasteiger partial charge on any atom is -0.326 e. The van der Waals surface area contributed by atoms with Gasteiger partial charge in [-0.1, -0.05) is 18.2 Å². The van der Waals surface area contributed by atoms with E-state index < -0.39 is 0 Å². The van der Waals surface area contributed by atoms with Crippen molar-refractivity contribution >= 4 is 11.6 Å². The van der Waals surface area contributed by atoms with Gasteiger partial charge < -0.3 is 14.8 Å². The molecule has 0 aliphatic rings. The highest BCUT2D eigenvalue weighted by Gasteiger charge is 2.02. The molecule has 1 heterocycles. The highest BCUT2D eigenvalue weighted by molar-refractivity contribution is 5.52. The lowest BCUT2D eigenvalue weighted by Gasteiger charge is -2.12. The molecule has 2 aromatic rings. The topological polar surface area (TPSA) is 33.1 Å². The second-order valence-corrected chi connectivity index (χ2v) is 4.59. The summed E-state index contributed by atoms with van der Waals surface area (Å²) in [6.45, 7) is 2.07. The monoisotopic (exact) mass is 244 g/mol. The van der Waals surface area contributed by atoms with E-state index in [4.69, 9.17) is 0 Å². The Labute approximate surface area is 108 Å². The molecule has 18 heavy (non-hydrogen) atoms. The first-order valence-electron chi connectivity index (χ1n) is 6.23. The van der Waals surface area contributed by atoms with E-state index in [1.807, 2.05) is 42.7 Å². The third kappa shape index (κ3) is 3.60. The van der Waals surface area contributed by atoms with Crippen molar-refractivity contribution in [2.45, 2.75) is 13.0 Å². The number of anilines is 2. The number of benzene rings is 1. The largest absolute Gasteiger partial charge is 0.326 e. The fourth-order valence-corrected chi connectivity index (χ4v) is 1.82. The van der Waals surface area contributed by atoms with Crippen LogP contribution in [-0.4, -0.2) is 35.1 Å². The molecule has 0 bridgehead atoms. The number of para-hydroxylation sites is 1. The van der Waals surface area contributed by atoms with E-state index in [1.165, 1.54) is 0 Å². The summed E-state index contributed by atoms with van der Waals surface area (Å²) in [5.74, 6) is 0.903. The van der Waals surface area contributed by atoms with E-state index in [9.17, 15) is 0 Å². The van der Waals surface area contributed by atoms with Gasteiger partial charge in [0.1, 0.15) is 0 Å². The average Bonchev–Trinajstić information content (AvgIpc) is 2.78. The number of imidazole rings is 1. The van der Waals surface area contributed by atoms with Crippen molar-refractivity contribution in [3.63, 3.8) is 0 Å². The predicted molar refractivity (Wildman–Crippen MR) is 75.1 cm³/mol. The molecular weight excluding hydrogens is 224 g/mol. The molecule has 0 unspecified atom stereocenters. The van der Waals surface area contributed by atoms with Crippen molar-refractivity contribution in [2.24, 2.45) is 0 Å². The zero-order valence-corrected chi connectivity index (χ0v) is 11.0. The molecule has 2 rings (SSSR count). The lowest BCUT2D eigenvalue weighted by molar-refractivity contribution is 0.387. The molecule has 0 saturated carbocycles. The highest BCUT2D eigenvalue weighted by Crippen LogP contribution is 2.14. The Morgan fingerprint density at radius 2 is 2.00 bits per heavy atom. The molecule has 1 aromatic carbocycles. The van der Waals surface area contributed by atoms with Crippen LogP contribution in [0.5, 0.6) is 0 Å². The Morgan fingerprint density at radius 1 is 1.22 bits per heavy atom. The summed E-state index contributed by atoms with van der Waals surface area (Å²) in [7, 11) is 4.19. The molecule has 0 amide bonds. The SMILES string of the molecule is CN(C)CCCn1ccnc1Nc1ccccc1. The normalized spacial score (nSPS) is 10.8. The van der Waals surface area contributed by atoms with E-state index in [2.05, 4.69) is 33.9 Å². The Hall–Kier alpha value is -1.81. The van der Waals surface area contributed by atoms with E-state index in [-0.39, 0.29) is 0 Å². The lowest BCUT2D eigenvalue weighted by atomic mass is 10.3. The maximum absolute atomic E-state index is 4.35. The second kappa shape index (κ2) is 6.21. The van der Waals surface area contributed by atoms with Gasteiger partial charge in [-0.05, 0) is 39.2 Å². The molecule has 96 valence electrons. The van der Waals surface area contributed by atoms with Crippen molar-refractivity contribution in [2.75, 3.05) is 26.0 Å². The van der Waals surface area contributed by atoms with Crippen LogP contribution in [0, 0.1) is 0 Å². The van der Waals surface area contributed by atoms with Crippen LogP contribution in [0.2, 0.25) is 0 Å². The zero-order valence-electron chi connectivity index (χ0n) is 11.0. The summed E-state index contributed by atoms with van der Waals surface area (Å²) in [5, 5.41) is 3.33. The van der Waals surface area contributed by atoms with Crippen molar-refractivity contribution in [1.82, 2.24) is 14.5 Å². The van der Waals surface area contributed by atoms with Crippen molar-refractivity contribution in [3.05, 3.63) is 42.7 Å². The number of hydrogen-bond acceptors (Lipinski definition) is 3. The Balaban J connectivity index is 1.95. The molecule has 0 fully saturated rings. The Kier molecular flexibility index (Phi) is 4.36. The van der Waals surface area contributed by atoms with Gasteiger partial charge in [0.15, 0.2) is 0 Å². The number of aryl methyl sites for hydroxylation is 1. The van der Waals surface area contributed by atoms with Gasteiger partial charge in [-0.25, -0.2) is 4.98 Å². The van der Waals surface area contributed by atoms with Crippen LogP contribution in [0.25, 0.3) is 0 Å². The number of nitrogens with zero attached hydrogens (tertiary/aromatic N) is 3. The molecule has 1 N–H and O–H groups in total. The predicted octanol–water partition coefficient (Wildman–Crippen LogP) is 2.58. The molecule has 0 aliphatic heterocycles. The zero-order chi connectivity index (χ0) is 12.8. The first-order valence-corrected chi connectivity index (χ1v) is 6.23. The molecule has 0 saturated heterocycles. The summed E-state index contributed by atoms with van der Waals surface area (Å²) in [5.41, 5.74) is 1.07. The molecule has 4 nitrogen and oxygen atoms in total. The maximum Gasteiger partial charge on any atom is 0.207 e. The van der Waals surface area contributed by atoms with Crippen LogP contribution in [0.1, 0.15) is 6.42 Å². The third-order valence-corrected chi connectivity index (χ3v) is 2.75. The minimum absolute atomic E-state index is 0.903. The third-order valence-electron chi connectivity index (χ3n) is 2.75. The van der Waals surface area contributed by atoms with E-state index in [1.54, 1.807) is 0 Å². The molecule has 0 aliphatic carbocycles. The molecular formula is C14H20N4. The fraction of sp³-hybridized carbons (Fsp3) is 0.357. The minimum atomic E-state index is 0.903. The number of hydrogen-bond donors (Lipinski definition) is 1. The van der Waals surface area contributed by atoms with Crippen LogP contribution in [0.4, 0.5) is 11.6 Å². The van der Waals surface area contributed by atoms with Crippen LogP contribution >= 0.6 is 0 Å². The quantitative estimate of drug-likeness (QED) is 0.848. The van der Waals surface area contributed by atoms with Gasteiger partial charge >= 0.3 is 0 Å². The number of rotatable bonds is 6. The Bertz CT molecular complexity index is 462. The number of nitrogens with one attached hydrogen (secondary N) is 1. The van der Waals surface area contributed by atoms with E-state index in [0.717, 1.165) is 31.1 Å². The van der Waals surface area contributed by atoms with Gasteiger partial charge in [-0.15, -0.1) is 0 Å². The molecule has 0 spiro atoms. The van der Waals surface area contributed by atoms with E-state index in [0.29, 0.717) is 0 Å². The number of aromatic nitrogens is 2. The van der Waals surface area contributed by atoms with Crippen molar-refractivity contribution in [1.29, 1.82) is 0 Å². The van der Waals surface area contributed by atoms with Crippen LogP contribution in [0.3, 0.4) is 0 Å². The van der Waals surface area contributed by atoms with Gasteiger partial charge in [-0.3, -0.25) is 0 Å². The van der Waals surface area contributed by atoms with Gasteiger partial charge in [0.25, 0.3) is 0 Å². The van der Waals surface area contributed by atoms with Crippen LogP contribution in [-0.2, 0) is 6.54 Å². The highest BCUT2D eigenvalue weighted by atomic mass is 15.2. The van der Waals surface area contributed by atoms with Crippen molar-refractivity contribution < 1.29 is 0 Å². The first kappa shape index (κ1) is 12.6.